The standard InChI is InChI=1S/C32H36N4O2/c1-5-31(3)33-21-11-7-9-17-13-15-19(27(35-31)23(17)21)25-29(37)26(30(25)38)20-16-14-18-10-8-12-22-24(18)28(20)36-32(4,6-2)34-22/h7-16,25-26,29-30,33-38H,5-6H2,1-4H3. The highest BCUT2D eigenvalue weighted by atomic mass is 16.3. The van der Waals surface area contributed by atoms with Crippen molar-refractivity contribution in [3.05, 3.63) is 71.8 Å². The quantitative estimate of drug-likeness (QED) is 0.188. The van der Waals surface area contributed by atoms with Gasteiger partial charge in [0, 0.05) is 45.4 Å². The predicted octanol–water partition coefficient (Wildman–Crippen LogP) is 6.52. The van der Waals surface area contributed by atoms with E-state index >= 15 is 0 Å². The van der Waals surface area contributed by atoms with E-state index in [9.17, 15) is 10.2 Å². The molecule has 1 fully saturated rings. The minimum Gasteiger partial charge on any atom is -0.392 e. The number of nitrogens with one attached hydrogen (secondary N) is 4. The van der Waals surface area contributed by atoms with E-state index in [4.69, 9.17) is 0 Å². The molecule has 2 unspecified atom stereocenters. The molecule has 0 aromatic heterocycles. The van der Waals surface area contributed by atoms with E-state index < -0.39 is 12.2 Å². The highest BCUT2D eigenvalue weighted by molar-refractivity contribution is 6.08. The van der Waals surface area contributed by atoms with Gasteiger partial charge in [-0.2, -0.15) is 0 Å². The molecule has 2 atom stereocenters. The summed E-state index contributed by atoms with van der Waals surface area (Å²) < 4.78 is 0. The summed E-state index contributed by atoms with van der Waals surface area (Å²) in [6, 6.07) is 21.0. The topological polar surface area (TPSA) is 88.6 Å². The van der Waals surface area contributed by atoms with Crippen LogP contribution in [0.2, 0.25) is 0 Å². The number of hydrogen-bond acceptors (Lipinski definition) is 6. The number of benzene rings is 4. The van der Waals surface area contributed by atoms with Gasteiger partial charge in [-0.05, 0) is 60.7 Å². The van der Waals surface area contributed by atoms with Crippen molar-refractivity contribution in [1.29, 1.82) is 0 Å². The smallest absolute Gasteiger partial charge is 0.105 e. The van der Waals surface area contributed by atoms with E-state index in [0.717, 1.165) is 68.3 Å². The SMILES string of the molecule is CCC1(C)Nc2cccc3ccc(C4C(O)C(c5ccc6cccc7c6c5NC(C)(CC)N7)C4O)c(c23)N1. The van der Waals surface area contributed by atoms with Crippen molar-refractivity contribution in [2.24, 2.45) is 0 Å². The summed E-state index contributed by atoms with van der Waals surface area (Å²) in [7, 11) is 0. The normalized spacial score (nSPS) is 31.1. The van der Waals surface area contributed by atoms with Crippen LogP contribution in [0.1, 0.15) is 63.5 Å². The highest BCUT2D eigenvalue weighted by Gasteiger charge is 2.53. The van der Waals surface area contributed by atoms with Crippen LogP contribution in [0.3, 0.4) is 0 Å². The summed E-state index contributed by atoms with van der Waals surface area (Å²) >= 11 is 0. The maximum Gasteiger partial charge on any atom is 0.105 e. The first kappa shape index (κ1) is 23.6. The molecule has 0 radical (unpaired) electrons. The number of anilines is 4. The monoisotopic (exact) mass is 508 g/mol. The Hall–Kier alpha value is -3.48. The van der Waals surface area contributed by atoms with Crippen molar-refractivity contribution in [3.8, 4) is 0 Å². The Bertz CT molecular complexity index is 1470. The Morgan fingerprint density at radius 2 is 1.03 bits per heavy atom. The van der Waals surface area contributed by atoms with Crippen LogP contribution in [0.5, 0.6) is 0 Å². The van der Waals surface area contributed by atoms with E-state index in [1.54, 1.807) is 0 Å². The Morgan fingerprint density at radius 1 is 0.605 bits per heavy atom. The second kappa shape index (κ2) is 8.01. The van der Waals surface area contributed by atoms with Gasteiger partial charge < -0.3 is 31.5 Å². The molecule has 38 heavy (non-hydrogen) atoms. The molecule has 2 heterocycles. The molecule has 196 valence electrons. The fourth-order valence-corrected chi connectivity index (χ4v) is 6.83. The molecular formula is C32H36N4O2. The third-order valence-electron chi connectivity index (χ3n) is 9.38. The van der Waals surface area contributed by atoms with E-state index in [0.29, 0.717) is 0 Å². The molecule has 1 saturated carbocycles. The number of aliphatic hydroxyl groups excluding tert-OH is 2. The molecule has 7 rings (SSSR count). The van der Waals surface area contributed by atoms with Crippen molar-refractivity contribution >= 4 is 44.3 Å². The minimum absolute atomic E-state index is 0.309. The maximum absolute atomic E-state index is 11.7. The predicted molar refractivity (Wildman–Crippen MR) is 157 cm³/mol. The molecule has 6 N–H and O–H groups in total. The Balaban J connectivity index is 1.32. The van der Waals surface area contributed by atoms with Gasteiger partial charge in [-0.3, -0.25) is 0 Å². The molecule has 0 amide bonds. The summed E-state index contributed by atoms with van der Waals surface area (Å²) in [5.41, 5.74) is 5.55. The summed E-state index contributed by atoms with van der Waals surface area (Å²) in [6.45, 7) is 8.62. The van der Waals surface area contributed by atoms with Gasteiger partial charge in [-0.1, -0.05) is 62.4 Å². The molecule has 6 nitrogen and oxygen atoms in total. The highest BCUT2D eigenvalue weighted by Crippen LogP contribution is 2.55. The van der Waals surface area contributed by atoms with E-state index in [2.05, 4.69) is 110 Å². The van der Waals surface area contributed by atoms with Gasteiger partial charge >= 0.3 is 0 Å². The number of aliphatic hydroxyl groups is 2. The molecule has 2 aliphatic heterocycles. The van der Waals surface area contributed by atoms with Crippen LogP contribution < -0.4 is 21.3 Å². The molecule has 0 spiro atoms. The fraction of sp³-hybridized carbons (Fsp3) is 0.375. The lowest BCUT2D eigenvalue weighted by Crippen LogP contribution is -2.53. The molecule has 3 aliphatic rings. The lowest BCUT2D eigenvalue weighted by atomic mass is 9.62. The first-order chi connectivity index (χ1) is 18.3. The molecular weight excluding hydrogens is 472 g/mol. The summed E-state index contributed by atoms with van der Waals surface area (Å²) in [5.74, 6) is -0.756. The van der Waals surface area contributed by atoms with Crippen LogP contribution in [0.25, 0.3) is 21.5 Å². The molecule has 4 aromatic rings. The van der Waals surface area contributed by atoms with E-state index in [1.807, 2.05) is 0 Å². The summed E-state index contributed by atoms with van der Waals surface area (Å²) in [6.07, 6.45) is 0.351. The first-order valence-corrected chi connectivity index (χ1v) is 13.9. The number of hydrogen-bond donors (Lipinski definition) is 6. The van der Waals surface area contributed by atoms with Crippen LogP contribution in [0.4, 0.5) is 22.7 Å². The van der Waals surface area contributed by atoms with Crippen LogP contribution in [0.15, 0.2) is 60.7 Å². The van der Waals surface area contributed by atoms with Crippen molar-refractivity contribution in [1.82, 2.24) is 0 Å². The van der Waals surface area contributed by atoms with Gasteiger partial charge in [0.15, 0.2) is 0 Å². The van der Waals surface area contributed by atoms with Crippen molar-refractivity contribution in [2.75, 3.05) is 21.3 Å². The minimum atomic E-state index is -0.708. The van der Waals surface area contributed by atoms with E-state index in [1.165, 1.54) is 0 Å². The molecule has 0 bridgehead atoms. The van der Waals surface area contributed by atoms with Crippen LogP contribution in [-0.4, -0.2) is 33.7 Å². The average molecular weight is 509 g/mol. The van der Waals surface area contributed by atoms with Crippen molar-refractivity contribution in [2.45, 2.75) is 75.9 Å². The zero-order valence-electron chi connectivity index (χ0n) is 22.4. The molecule has 0 saturated heterocycles. The van der Waals surface area contributed by atoms with Gasteiger partial charge in [-0.15, -0.1) is 0 Å². The maximum atomic E-state index is 11.7. The lowest BCUT2D eigenvalue weighted by Gasteiger charge is -2.50. The van der Waals surface area contributed by atoms with Gasteiger partial charge in [0.05, 0.1) is 12.2 Å². The lowest BCUT2D eigenvalue weighted by molar-refractivity contribution is -0.0780. The summed E-state index contributed by atoms with van der Waals surface area (Å²) in [4.78, 5) is 0. The fourth-order valence-electron chi connectivity index (χ4n) is 6.83. The third-order valence-corrected chi connectivity index (χ3v) is 9.38. The Labute approximate surface area is 223 Å². The van der Waals surface area contributed by atoms with Crippen LogP contribution >= 0.6 is 0 Å². The Morgan fingerprint density at radius 3 is 1.42 bits per heavy atom. The average Bonchev–Trinajstić information content (AvgIpc) is 2.91. The van der Waals surface area contributed by atoms with Gasteiger partial charge in [0.25, 0.3) is 0 Å². The van der Waals surface area contributed by atoms with Gasteiger partial charge in [-0.25, -0.2) is 0 Å². The second-order valence-corrected chi connectivity index (χ2v) is 11.8. The molecule has 4 aromatic carbocycles. The zero-order valence-corrected chi connectivity index (χ0v) is 22.4. The second-order valence-electron chi connectivity index (χ2n) is 11.8. The van der Waals surface area contributed by atoms with Crippen molar-refractivity contribution < 1.29 is 10.2 Å². The largest absolute Gasteiger partial charge is 0.392 e. The van der Waals surface area contributed by atoms with Crippen LogP contribution in [0, 0.1) is 0 Å². The van der Waals surface area contributed by atoms with E-state index in [-0.39, 0.29) is 23.2 Å². The van der Waals surface area contributed by atoms with Crippen molar-refractivity contribution in [3.63, 3.8) is 0 Å². The van der Waals surface area contributed by atoms with Gasteiger partial charge in [0.1, 0.15) is 11.3 Å². The van der Waals surface area contributed by atoms with Crippen LogP contribution in [-0.2, 0) is 0 Å². The Kier molecular flexibility index (Phi) is 4.98. The first-order valence-electron chi connectivity index (χ1n) is 13.9. The summed E-state index contributed by atoms with van der Waals surface area (Å²) in [5, 5.41) is 42.7. The number of rotatable bonds is 4. The third kappa shape index (κ3) is 3.20. The van der Waals surface area contributed by atoms with Gasteiger partial charge in [0.2, 0.25) is 0 Å². The molecule has 6 heteroatoms. The molecule has 1 aliphatic carbocycles. The zero-order chi connectivity index (χ0) is 26.4.